The Kier molecular flexibility index (Phi) is 8.93. The SMILES string of the molecule is Cc1oc(-c2ccccc2)nc1CCOc1ccc(C2CCN[C@@H]2C(=O)O)c(C(=O)NCc2cc(Cl)cc(Cl)c2)c1. The van der Waals surface area contributed by atoms with Crippen LogP contribution in [0, 0.1) is 6.92 Å². The van der Waals surface area contributed by atoms with Gasteiger partial charge in [0.05, 0.1) is 12.3 Å². The molecule has 3 N–H and O–H groups in total. The molecule has 1 unspecified atom stereocenters. The predicted octanol–water partition coefficient (Wildman–Crippen LogP) is 6.04. The van der Waals surface area contributed by atoms with Crippen LogP contribution in [-0.4, -0.2) is 41.2 Å². The summed E-state index contributed by atoms with van der Waals surface area (Å²) in [5.74, 6) is 0.102. The highest BCUT2D eigenvalue weighted by molar-refractivity contribution is 6.34. The zero-order valence-corrected chi connectivity index (χ0v) is 23.8. The van der Waals surface area contributed by atoms with Gasteiger partial charge in [-0.05, 0) is 73.5 Å². The number of nitrogens with one attached hydrogen (secondary N) is 2. The summed E-state index contributed by atoms with van der Waals surface area (Å²) in [6, 6.07) is 19.2. The van der Waals surface area contributed by atoms with E-state index in [0.717, 1.165) is 22.6 Å². The largest absolute Gasteiger partial charge is 0.493 e. The second kappa shape index (κ2) is 12.8. The summed E-state index contributed by atoms with van der Waals surface area (Å²) in [5, 5.41) is 16.6. The summed E-state index contributed by atoms with van der Waals surface area (Å²) in [4.78, 5) is 29.9. The van der Waals surface area contributed by atoms with Crippen LogP contribution in [0.4, 0.5) is 0 Å². The van der Waals surface area contributed by atoms with Gasteiger partial charge in [-0.1, -0.05) is 47.5 Å². The lowest BCUT2D eigenvalue weighted by molar-refractivity contribution is -0.139. The number of hydrogen-bond donors (Lipinski definition) is 3. The molecule has 4 aromatic rings. The number of ether oxygens (including phenoxy) is 1. The fourth-order valence-electron chi connectivity index (χ4n) is 5.06. The van der Waals surface area contributed by atoms with Gasteiger partial charge in [-0.2, -0.15) is 0 Å². The van der Waals surface area contributed by atoms with E-state index in [1.807, 2.05) is 37.3 Å². The minimum atomic E-state index is -0.953. The third-order valence-corrected chi connectivity index (χ3v) is 7.49. The van der Waals surface area contributed by atoms with Gasteiger partial charge in [-0.15, -0.1) is 0 Å². The van der Waals surface area contributed by atoms with E-state index < -0.39 is 12.0 Å². The molecule has 0 saturated carbocycles. The second-order valence-electron chi connectivity index (χ2n) is 9.86. The van der Waals surface area contributed by atoms with E-state index in [-0.39, 0.29) is 18.4 Å². The molecule has 10 heteroatoms. The molecule has 2 atom stereocenters. The first-order valence-corrected chi connectivity index (χ1v) is 14.0. The van der Waals surface area contributed by atoms with Gasteiger partial charge in [0.1, 0.15) is 17.6 Å². The predicted molar refractivity (Wildman–Crippen MR) is 157 cm³/mol. The van der Waals surface area contributed by atoms with Crippen LogP contribution >= 0.6 is 23.2 Å². The zero-order chi connectivity index (χ0) is 28.9. The summed E-state index contributed by atoms with van der Waals surface area (Å²) in [7, 11) is 0. The lowest BCUT2D eigenvalue weighted by atomic mass is 9.88. The molecule has 1 aromatic heterocycles. The molecule has 0 spiro atoms. The maximum atomic E-state index is 13.4. The van der Waals surface area contributed by atoms with Crippen molar-refractivity contribution in [3.63, 3.8) is 0 Å². The molecule has 1 amide bonds. The van der Waals surface area contributed by atoms with Gasteiger partial charge >= 0.3 is 5.97 Å². The number of oxazole rings is 1. The molecule has 1 aliphatic heterocycles. The summed E-state index contributed by atoms with van der Waals surface area (Å²) >= 11 is 12.2. The standard InChI is InChI=1S/C31H29Cl2N3O5/c1-18-27(36-30(41-18)20-5-3-2-4-6-20)10-12-40-23-7-8-24(25-9-11-34-28(25)31(38)39)26(16-23)29(37)35-17-19-13-21(32)15-22(33)14-19/h2-8,13-16,25,28,34H,9-12,17H2,1H3,(H,35,37)(H,38,39)/t25?,28-/m0/s1. The molecule has 8 nitrogen and oxygen atoms in total. The molecule has 41 heavy (non-hydrogen) atoms. The van der Waals surface area contributed by atoms with E-state index in [2.05, 4.69) is 15.6 Å². The Hall–Kier alpha value is -3.85. The Morgan fingerprint density at radius 3 is 2.59 bits per heavy atom. The molecule has 0 bridgehead atoms. The van der Waals surface area contributed by atoms with E-state index in [4.69, 9.17) is 32.4 Å². The lowest BCUT2D eigenvalue weighted by Crippen LogP contribution is -2.35. The van der Waals surface area contributed by atoms with Crippen LogP contribution in [0.3, 0.4) is 0 Å². The van der Waals surface area contributed by atoms with Crippen molar-refractivity contribution in [1.29, 1.82) is 0 Å². The molecule has 5 rings (SSSR count). The Balaban J connectivity index is 1.33. The average Bonchev–Trinajstić information content (AvgIpc) is 3.59. The van der Waals surface area contributed by atoms with Gasteiger partial charge in [0.15, 0.2) is 0 Å². The maximum absolute atomic E-state index is 13.4. The van der Waals surface area contributed by atoms with Gasteiger partial charge in [0.25, 0.3) is 5.91 Å². The molecule has 0 radical (unpaired) electrons. The summed E-state index contributed by atoms with van der Waals surface area (Å²) in [6.07, 6.45) is 1.10. The van der Waals surface area contributed by atoms with Crippen molar-refractivity contribution in [3.05, 3.63) is 105 Å². The second-order valence-corrected chi connectivity index (χ2v) is 10.7. The fourth-order valence-corrected chi connectivity index (χ4v) is 5.63. The lowest BCUT2D eigenvalue weighted by Gasteiger charge is -2.20. The van der Waals surface area contributed by atoms with Gasteiger partial charge in [-0.3, -0.25) is 9.59 Å². The van der Waals surface area contributed by atoms with Crippen molar-refractivity contribution < 1.29 is 23.8 Å². The Bertz CT molecular complexity index is 1540. The number of rotatable bonds is 10. The number of nitrogens with zero attached hydrogens (tertiary/aromatic N) is 1. The first kappa shape index (κ1) is 28.7. The molecule has 2 heterocycles. The van der Waals surface area contributed by atoms with Crippen molar-refractivity contribution in [1.82, 2.24) is 15.6 Å². The fraction of sp³-hybridized carbons (Fsp3) is 0.258. The third kappa shape index (κ3) is 6.90. The molecular formula is C31H29Cl2N3O5. The maximum Gasteiger partial charge on any atom is 0.321 e. The molecule has 0 aliphatic carbocycles. The molecule has 212 valence electrons. The molecule has 1 fully saturated rings. The van der Waals surface area contributed by atoms with Crippen LogP contribution in [0.1, 0.15) is 45.3 Å². The van der Waals surface area contributed by atoms with Crippen LogP contribution in [-0.2, 0) is 17.8 Å². The highest BCUT2D eigenvalue weighted by Gasteiger charge is 2.36. The first-order valence-electron chi connectivity index (χ1n) is 13.3. The van der Waals surface area contributed by atoms with Crippen molar-refractivity contribution in [2.75, 3.05) is 13.2 Å². The molecule has 1 saturated heterocycles. The number of carbonyl (C=O) groups is 2. The number of carbonyl (C=O) groups excluding carboxylic acids is 1. The summed E-state index contributed by atoms with van der Waals surface area (Å²) < 4.78 is 11.9. The number of carboxylic acids is 1. The van der Waals surface area contributed by atoms with E-state index in [1.54, 1.807) is 36.4 Å². The van der Waals surface area contributed by atoms with Gasteiger partial charge in [-0.25, -0.2) is 4.98 Å². The van der Waals surface area contributed by atoms with Crippen molar-refractivity contribution in [3.8, 4) is 17.2 Å². The molecular weight excluding hydrogens is 565 g/mol. The molecule has 3 aromatic carbocycles. The van der Waals surface area contributed by atoms with E-state index >= 15 is 0 Å². The van der Waals surface area contributed by atoms with Gasteiger partial charge < -0.3 is 24.9 Å². The number of aliphatic carboxylic acids is 1. The minimum absolute atomic E-state index is 0.199. The first-order chi connectivity index (χ1) is 19.8. The number of amides is 1. The molecule has 1 aliphatic rings. The minimum Gasteiger partial charge on any atom is -0.493 e. The van der Waals surface area contributed by atoms with Crippen molar-refractivity contribution in [2.24, 2.45) is 0 Å². The van der Waals surface area contributed by atoms with E-state index in [0.29, 0.717) is 58.8 Å². The smallest absolute Gasteiger partial charge is 0.321 e. The van der Waals surface area contributed by atoms with Crippen LogP contribution in [0.25, 0.3) is 11.5 Å². The van der Waals surface area contributed by atoms with Crippen molar-refractivity contribution >= 4 is 35.1 Å². The number of aryl methyl sites for hydroxylation is 1. The summed E-state index contributed by atoms with van der Waals surface area (Å²) in [5.41, 5.74) is 3.44. The van der Waals surface area contributed by atoms with Crippen LogP contribution in [0.2, 0.25) is 10.0 Å². The van der Waals surface area contributed by atoms with Crippen LogP contribution < -0.4 is 15.4 Å². The monoisotopic (exact) mass is 593 g/mol. The average molecular weight is 594 g/mol. The Labute approximate surface area is 247 Å². The highest BCUT2D eigenvalue weighted by atomic mass is 35.5. The van der Waals surface area contributed by atoms with Gasteiger partial charge in [0.2, 0.25) is 5.89 Å². The third-order valence-electron chi connectivity index (χ3n) is 7.05. The number of halogens is 2. The van der Waals surface area contributed by atoms with Gasteiger partial charge in [0, 0.05) is 40.1 Å². The van der Waals surface area contributed by atoms with Crippen molar-refractivity contribution in [2.45, 2.75) is 38.3 Å². The highest BCUT2D eigenvalue weighted by Crippen LogP contribution is 2.33. The summed E-state index contributed by atoms with van der Waals surface area (Å²) in [6.45, 7) is 2.92. The number of aromatic nitrogens is 1. The van der Waals surface area contributed by atoms with Crippen LogP contribution in [0.15, 0.2) is 71.1 Å². The Morgan fingerprint density at radius 2 is 1.85 bits per heavy atom. The number of carboxylic acid groups (broad SMARTS) is 1. The number of benzene rings is 3. The quantitative estimate of drug-likeness (QED) is 0.205. The topological polar surface area (TPSA) is 114 Å². The zero-order valence-electron chi connectivity index (χ0n) is 22.3. The van der Waals surface area contributed by atoms with E-state index in [9.17, 15) is 14.7 Å². The van der Waals surface area contributed by atoms with E-state index in [1.165, 1.54) is 0 Å². The normalized spacial score (nSPS) is 16.5. The Morgan fingerprint density at radius 1 is 1.10 bits per heavy atom. The van der Waals surface area contributed by atoms with Crippen LogP contribution in [0.5, 0.6) is 5.75 Å². The number of hydrogen-bond acceptors (Lipinski definition) is 6.